The Morgan fingerprint density at radius 1 is 1.27 bits per heavy atom. The van der Waals surface area contributed by atoms with E-state index < -0.39 is 5.38 Å². The normalized spacial score (nSPS) is 12.6. The van der Waals surface area contributed by atoms with Gasteiger partial charge in [-0.3, -0.25) is 4.79 Å². The fourth-order valence-corrected chi connectivity index (χ4v) is 1.37. The number of Topliss-reactive ketones (excluding diaryl/α,β-unsaturated/α-hetero) is 1. The molecule has 1 rings (SSSR count). The van der Waals surface area contributed by atoms with E-state index in [2.05, 4.69) is 0 Å². The van der Waals surface area contributed by atoms with Gasteiger partial charge in [0.2, 0.25) is 0 Å². The maximum atomic E-state index is 11.0. The Kier molecular flexibility index (Phi) is 4.15. The van der Waals surface area contributed by atoms with Gasteiger partial charge in [-0.05, 0) is 38.5 Å². The van der Waals surface area contributed by atoms with Crippen LogP contribution >= 0.6 is 11.6 Å². The molecule has 0 aliphatic heterocycles. The van der Waals surface area contributed by atoms with Gasteiger partial charge in [0, 0.05) is 0 Å². The van der Waals surface area contributed by atoms with Crippen molar-refractivity contribution < 1.29 is 9.53 Å². The summed E-state index contributed by atoms with van der Waals surface area (Å²) in [7, 11) is 0. The van der Waals surface area contributed by atoms with Crippen LogP contribution in [0, 0.1) is 0 Å². The molecule has 0 radical (unpaired) electrons. The standard InChI is InChI=1S/C12H15ClO2/c1-8(2)15-11-6-4-10(5-7-11)12(13)9(3)14/h4-8,12H,1-3H3. The quantitative estimate of drug-likeness (QED) is 0.736. The molecule has 1 aromatic carbocycles. The van der Waals surface area contributed by atoms with Gasteiger partial charge in [0.15, 0.2) is 5.78 Å². The van der Waals surface area contributed by atoms with E-state index in [-0.39, 0.29) is 11.9 Å². The minimum absolute atomic E-state index is 0.0470. The van der Waals surface area contributed by atoms with Crippen molar-refractivity contribution in [3.63, 3.8) is 0 Å². The number of carbonyl (C=O) groups is 1. The lowest BCUT2D eigenvalue weighted by Gasteiger charge is -2.11. The number of ether oxygens (including phenoxy) is 1. The van der Waals surface area contributed by atoms with E-state index in [1.165, 1.54) is 6.92 Å². The number of hydrogen-bond donors (Lipinski definition) is 0. The smallest absolute Gasteiger partial charge is 0.152 e. The predicted octanol–water partition coefficient (Wildman–Crippen LogP) is 3.34. The van der Waals surface area contributed by atoms with Crippen LogP contribution in [0.1, 0.15) is 31.7 Å². The summed E-state index contributed by atoms with van der Waals surface area (Å²) < 4.78 is 5.48. The highest BCUT2D eigenvalue weighted by Gasteiger charge is 2.12. The number of alkyl halides is 1. The molecule has 1 unspecified atom stereocenters. The Hall–Kier alpha value is -1.02. The lowest BCUT2D eigenvalue weighted by molar-refractivity contribution is -0.116. The van der Waals surface area contributed by atoms with Crippen LogP contribution in [0.3, 0.4) is 0 Å². The molecule has 0 amide bonds. The van der Waals surface area contributed by atoms with Crippen molar-refractivity contribution in [3.05, 3.63) is 29.8 Å². The molecule has 0 saturated heterocycles. The van der Waals surface area contributed by atoms with Crippen LogP contribution in [-0.4, -0.2) is 11.9 Å². The fourth-order valence-electron chi connectivity index (χ4n) is 1.22. The molecular formula is C12H15ClO2. The first-order chi connectivity index (χ1) is 7.00. The number of benzene rings is 1. The van der Waals surface area contributed by atoms with Gasteiger partial charge >= 0.3 is 0 Å². The molecule has 0 spiro atoms. The van der Waals surface area contributed by atoms with Crippen molar-refractivity contribution in [1.82, 2.24) is 0 Å². The van der Waals surface area contributed by atoms with Crippen molar-refractivity contribution in [2.45, 2.75) is 32.3 Å². The summed E-state index contributed by atoms with van der Waals surface area (Å²) in [6.45, 7) is 5.41. The molecule has 1 aromatic rings. The summed E-state index contributed by atoms with van der Waals surface area (Å²) in [5, 5.41) is -0.557. The number of ketones is 1. The summed E-state index contributed by atoms with van der Waals surface area (Å²) in [5.74, 6) is 0.746. The molecule has 0 bridgehead atoms. The summed E-state index contributed by atoms with van der Waals surface area (Å²) in [5.41, 5.74) is 0.806. The summed E-state index contributed by atoms with van der Waals surface area (Å²) in [6.07, 6.45) is 0.149. The lowest BCUT2D eigenvalue weighted by atomic mass is 10.1. The molecule has 0 N–H and O–H groups in total. The lowest BCUT2D eigenvalue weighted by Crippen LogP contribution is -2.06. The first kappa shape index (κ1) is 12.1. The van der Waals surface area contributed by atoms with Crippen molar-refractivity contribution in [2.24, 2.45) is 0 Å². The van der Waals surface area contributed by atoms with Crippen LogP contribution in [0.2, 0.25) is 0 Å². The minimum atomic E-state index is -0.557. The molecule has 0 aliphatic carbocycles. The Morgan fingerprint density at radius 2 is 1.80 bits per heavy atom. The third kappa shape index (κ3) is 3.56. The summed E-state index contributed by atoms with van der Waals surface area (Å²) in [6, 6.07) is 7.29. The summed E-state index contributed by atoms with van der Waals surface area (Å²) in [4.78, 5) is 11.0. The van der Waals surface area contributed by atoms with Gasteiger partial charge in [0.1, 0.15) is 11.1 Å². The highest BCUT2D eigenvalue weighted by molar-refractivity contribution is 6.30. The molecule has 0 aromatic heterocycles. The molecule has 0 heterocycles. The van der Waals surface area contributed by atoms with Crippen molar-refractivity contribution in [3.8, 4) is 5.75 Å². The van der Waals surface area contributed by atoms with Gasteiger partial charge in [-0.2, -0.15) is 0 Å². The second kappa shape index (κ2) is 5.17. The third-order valence-electron chi connectivity index (χ3n) is 1.90. The third-order valence-corrected chi connectivity index (χ3v) is 2.46. The summed E-state index contributed by atoms with van der Waals surface area (Å²) >= 11 is 5.91. The number of carbonyl (C=O) groups excluding carboxylic acids is 1. The van der Waals surface area contributed by atoms with Crippen LogP contribution in [-0.2, 0) is 4.79 Å². The van der Waals surface area contributed by atoms with E-state index in [0.717, 1.165) is 11.3 Å². The van der Waals surface area contributed by atoms with E-state index in [4.69, 9.17) is 16.3 Å². The van der Waals surface area contributed by atoms with Gasteiger partial charge in [0.25, 0.3) is 0 Å². The molecule has 2 nitrogen and oxygen atoms in total. The largest absolute Gasteiger partial charge is 0.491 e. The SMILES string of the molecule is CC(=O)C(Cl)c1ccc(OC(C)C)cc1. The van der Waals surface area contributed by atoms with Crippen LogP contribution in [0.4, 0.5) is 0 Å². The zero-order chi connectivity index (χ0) is 11.4. The van der Waals surface area contributed by atoms with Crippen LogP contribution in [0.15, 0.2) is 24.3 Å². The first-order valence-corrected chi connectivity index (χ1v) is 5.35. The Balaban J connectivity index is 2.76. The zero-order valence-electron chi connectivity index (χ0n) is 9.16. The Labute approximate surface area is 95.2 Å². The molecular weight excluding hydrogens is 212 g/mol. The maximum Gasteiger partial charge on any atom is 0.152 e. The predicted molar refractivity (Wildman–Crippen MR) is 61.5 cm³/mol. The highest BCUT2D eigenvalue weighted by atomic mass is 35.5. The number of hydrogen-bond acceptors (Lipinski definition) is 2. The molecule has 15 heavy (non-hydrogen) atoms. The van der Waals surface area contributed by atoms with E-state index in [1.807, 2.05) is 38.1 Å². The van der Waals surface area contributed by atoms with E-state index in [9.17, 15) is 4.79 Å². The van der Waals surface area contributed by atoms with Crippen molar-refractivity contribution in [2.75, 3.05) is 0 Å². The van der Waals surface area contributed by atoms with E-state index >= 15 is 0 Å². The Bertz CT molecular complexity index is 330. The van der Waals surface area contributed by atoms with Gasteiger partial charge in [-0.1, -0.05) is 12.1 Å². The zero-order valence-corrected chi connectivity index (χ0v) is 9.91. The van der Waals surface area contributed by atoms with Crippen LogP contribution < -0.4 is 4.74 Å². The molecule has 82 valence electrons. The van der Waals surface area contributed by atoms with Crippen molar-refractivity contribution in [1.29, 1.82) is 0 Å². The first-order valence-electron chi connectivity index (χ1n) is 4.92. The minimum Gasteiger partial charge on any atom is -0.491 e. The van der Waals surface area contributed by atoms with Gasteiger partial charge in [-0.15, -0.1) is 11.6 Å². The van der Waals surface area contributed by atoms with Gasteiger partial charge in [0.05, 0.1) is 6.10 Å². The average Bonchev–Trinajstić information content (AvgIpc) is 2.17. The second-order valence-electron chi connectivity index (χ2n) is 3.71. The topological polar surface area (TPSA) is 26.3 Å². The van der Waals surface area contributed by atoms with E-state index in [0.29, 0.717) is 0 Å². The van der Waals surface area contributed by atoms with E-state index in [1.54, 1.807) is 0 Å². The monoisotopic (exact) mass is 226 g/mol. The van der Waals surface area contributed by atoms with Crippen LogP contribution in [0.25, 0.3) is 0 Å². The Morgan fingerprint density at radius 3 is 2.20 bits per heavy atom. The van der Waals surface area contributed by atoms with Crippen molar-refractivity contribution >= 4 is 17.4 Å². The fraction of sp³-hybridized carbons (Fsp3) is 0.417. The molecule has 3 heteroatoms. The second-order valence-corrected chi connectivity index (χ2v) is 4.15. The van der Waals surface area contributed by atoms with Gasteiger partial charge < -0.3 is 4.74 Å². The molecule has 0 aliphatic rings. The number of rotatable bonds is 4. The van der Waals surface area contributed by atoms with Gasteiger partial charge in [-0.25, -0.2) is 0 Å². The number of halogens is 1. The maximum absolute atomic E-state index is 11.0. The molecule has 0 saturated carbocycles. The highest BCUT2D eigenvalue weighted by Crippen LogP contribution is 2.23. The average molecular weight is 227 g/mol. The van der Waals surface area contributed by atoms with Crippen LogP contribution in [0.5, 0.6) is 5.75 Å². The molecule has 0 fully saturated rings. The molecule has 1 atom stereocenters.